The van der Waals surface area contributed by atoms with E-state index in [0.717, 1.165) is 38.7 Å². The first kappa shape index (κ1) is 17.4. The molecule has 0 spiro atoms. The van der Waals surface area contributed by atoms with Crippen molar-refractivity contribution in [2.24, 2.45) is 5.92 Å². The number of hydrogen-bond donors (Lipinski definition) is 1. The predicted octanol–water partition coefficient (Wildman–Crippen LogP) is 4.43. The fourth-order valence-corrected chi connectivity index (χ4v) is 2.34. The van der Waals surface area contributed by atoms with Gasteiger partial charge in [0.25, 0.3) is 0 Å². The van der Waals surface area contributed by atoms with E-state index in [2.05, 4.69) is 18.7 Å². The summed E-state index contributed by atoms with van der Waals surface area (Å²) < 4.78 is 5.65. The number of allylic oxidation sites excluding steroid dienone is 1. The van der Waals surface area contributed by atoms with Crippen molar-refractivity contribution in [3.05, 3.63) is 48.6 Å². The molecule has 3 nitrogen and oxygen atoms in total. The van der Waals surface area contributed by atoms with E-state index in [0.29, 0.717) is 12.5 Å². The molecule has 0 aliphatic carbocycles. The van der Waals surface area contributed by atoms with Crippen LogP contribution < -0.4 is 0 Å². The molecule has 0 heterocycles. The van der Waals surface area contributed by atoms with Crippen LogP contribution in [0.15, 0.2) is 43.0 Å². The van der Waals surface area contributed by atoms with Crippen LogP contribution in [-0.2, 0) is 16.1 Å². The average molecular weight is 290 g/mol. The second kappa shape index (κ2) is 11.1. The minimum atomic E-state index is -0.713. The van der Waals surface area contributed by atoms with E-state index < -0.39 is 5.97 Å². The lowest BCUT2D eigenvalue weighted by atomic mass is 9.93. The summed E-state index contributed by atoms with van der Waals surface area (Å²) in [6.45, 7) is 5.17. The highest BCUT2D eigenvalue weighted by atomic mass is 16.5. The Balaban J connectivity index is 2.07. The molecule has 0 aromatic heterocycles. The molecule has 1 atom stereocenters. The molecular weight excluding hydrogens is 264 g/mol. The molecule has 116 valence electrons. The van der Waals surface area contributed by atoms with Gasteiger partial charge in [0.15, 0.2) is 0 Å². The van der Waals surface area contributed by atoms with Crippen molar-refractivity contribution in [2.45, 2.75) is 45.1 Å². The van der Waals surface area contributed by atoms with Crippen molar-refractivity contribution in [3.8, 4) is 0 Å². The highest BCUT2D eigenvalue weighted by Crippen LogP contribution is 2.19. The summed E-state index contributed by atoms with van der Waals surface area (Å²) in [7, 11) is 0. The van der Waals surface area contributed by atoms with Gasteiger partial charge in [0.1, 0.15) is 0 Å². The average Bonchev–Trinajstić information content (AvgIpc) is 2.49. The Bertz CT molecular complexity index is 400. The Kier molecular flexibility index (Phi) is 9.21. The van der Waals surface area contributed by atoms with Crippen LogP contribution in [0.4, 0.5) is 0 Å². The first-order valence-corrected chi connectivity index (χ1v) is 7.66. The maximum absolute atomic E-state index is 10.6. The third kappa shape index (κ3) is 9.03. The molecule has 0 saturated carbocycles. The van der Waals surface area contributed by atoms with E-state index in [9.17, 15) is 4.79 Å². The Labute approximate surface area is 127 Å². The monoisotopic (exact) mass is 290 g/mol. The third-order valence-corrected chi connectivity index (χ3v) is 3.53. The van der Waals surface area contributed by atoms with Crippen molar-refractivity contribution >= 4 is 5.97 Å². The quantitative estimate of drug-likeness (QED) is 0.457. The number of aliphatic carboxylic acids is 1. The minimum absolute atomic E-state index is 0.253. The Morgan fingerprint density at radius 2 is 2.00 bits per heavy atom. The Morgan fingerprint density at radius 3 is 2.67 bits per heavy atom. The first-order chi connectivity index (χ1) is 10.2. The zero-order valence-electron chi connectivity index (χ0n) is 12.7. The van der Waals surface area contributed by atoms with Gasteiger partial charge >= 0.3 is 5.97 Å². The summed E-state index contributed by atoms with van der Waals surface area (Å²) in [5, 5.41) is 8.73. The van der Waals surface area contributed by atoms with Gasteiger partial charge in [0, 0.05) is 13.0 Å². The SMILES string of the molecule is C=CCC(CCCCOCc1ccccc1)CCC(=O)O. The van der Waals surface area contributed by atoms with Gasteiger partial charge in [0.2, 0.25) is 0 Å². The van der Waals surface area contributed by atoms with Crippen LogP contribution in [0.1, 0.15) is 44.1 Å². The second-order valence-electron chi connectivity index (χ2n) is 5.36. The number of carbonyl (C=O) groups is 1. The predicted molar refractivity (Wildman–Crippen MR) is 85.1 cm³/mol. The van der Waals surface area contributed by atoms with Crippen LogP contribution in [-0.4, -0.2) is 17.7 Å². The van der Waals surface area contributed by atoms with Crippen molar-refractivity contribution in [3.63, 3.8) is 0 Å². The maximum Gasteiger partial charge on any atom is 0.303 e. The van der Waals surface area contributed by atoms with E-state index in [4.69, 9.17) is 9.84 Å². The zero-order chi connectivity index (χ0) is 15.3. The molecule has 1 rings (SSSR count). The summed E-state index contributed by atoms with van der Waals surface area (Å²) in [5.41, 5.74) is 1.20. The molecule has 0 fully saturated rings. The topological polar surface area (TPSA) is 46.5 Å². The van der Waals surface area contributed by atoms with Gasteiger partial charge in [-0.05, 0) is 30.7 Å². The van der Waals surface area contributed by atoms with Crippen LogP contribution in [0.3, 0.4) is 0 Å². The first-order valence-electron chi connectivity index (χ1n) is 7.66. The van der Waals surface area contributed by atoms with Crippen LogP contribution in [0, 0.1) is 5.92 Å². The Morgan fingerprint density at radius 1 is 1.24 bits per heavy atom. The molecule has 0 radical (unpaired) electrons. The normalized spacial score (nSPS) is 12.0. The summed E-state index contributed by atoms with van der Waals surface area (Å²) in [4.78, 5) is 10.6. The van der Waals surface area contributed by atoms with Crippen LogP contribution in [0.5, 0.6) is 0 Å². The fraction of sp³-hybridized carbons (Fsp3) is 0.500. The summed E-state index contributed by atoms with van der Waals surface area (Å²) in [5.74, 6) is -0.275. The number of unbranched alkanes of at least 4 members (excludes halogenated alkanes) is 1. The van der Waals surface area contributed by atoms with Gasteiger partial charge in [0.05, 0.1) is 6.61 Å². The minimum Gasteiger partial charge on any atom is -0.481 e. The molecule has 21 heavy (non-hydrogen) atoms. The summed E-state index contributed by atoms with van der Waals surface area (Å²) >= 11 is 0. The number of carboxylic acid groups (broad SMARTS) is 1. The van der Waals surface area contributed by atoms with Crippen LogP contribution in [0.25, 0.3) is 0 Å². The van der Waals surface area contributed by atoms with Gasteiger partial charge in [-0.15, -0.1) is 6.58 Å². The molecule has 1 aromatic carbocycles. The van der Waals surface area contributed by atoms with Crippen molar-refractivity contribution in [1.29, 1.82) is 0 Å². The van der Waals surface area contributed by atoms with E-state index >= 15 is 0 Å². The van der Waals surface area contributed by atoms with Crippen molar-refractivity contribution in [1.82, 2.24) is 0 Å². The number of benzene rings is 1. The van der Waals surface area contributed by atoms with E-state index in [1.807, 2.05) is 24.3 Å². The lowest BCUT2D eigenvalue weighted by molar-refractivity contribution is -0.137. The van der Waals surface area contributed by atoms with E-state index in [1.165, 1.54) is 5.56 Å². The van der Waals surface area contributed by atoms with Gasteiger partial charge in [-0.1, -0.05) is 49.2 Å². The molecule has 3 heteroatoms. The second-order valence-corrected chi connectivity index (χ2v) is 5.36. The third-order valence-electron chi connectivity index (χ3n) is 3.53. The lowest BCUT2D eigenvalue weighted by Crippen LogP contribution is -2.05. The zero-order valence-corrected chi connectivity index (χ0v) is 12.7. The number of carboxylic acids is 1. The van der Waals surface area contributed by atoms with Gasteiger partial charge in [-0.3, -0.25) is 4.79 Å². The Hall–Kier alpha value is -1.61. The van der Waals surface area contributed by atoms with Crippen molar-refractivity contribution in [2.75, 3.05) is 6.61 Å². The lowest BCUT2D eigenvalue weighted by Gasteiger charge is -2.13. The van der Waals surface area contributed by atoms with E-state index in [-0.39, 0.29) is 6.42 Å². The number of hydrogen-bond acceptors (Lipinski definition) is 2. The molecule has 0 aliphatic heterocycles. The summed E-state index contributed by atoms with van der Waals surface area (Å²) in [6.07, 6.45) is 6.93. The van der Waals surface area contributed by atoms with Crippen molar-refractivity contribution < 1.29 is 14.6 Å². The molecule has 0 aliphatic rings. The highest BCUT2D eigenvalue weighted by molar-refractivity contribution is 5.66. The highest BCUT2D eigenvalue weighted by Gasteiger charge is 2.09. The molecular formula is C18H26O3. The number of ether oxygens (including phenoxy) is 1. The standard InChI is InChI=1S/C18H26O3/c1-2-8-16(12-13-18(19)20)9-6-7-14-21-15-17-10-4-3-5-11-17/h2-5,10-11,16H,1,6-9,12-15H2,(H,19,20). The fourth-order valence-electron chi connectivity index (χ4n) is 2.34. The molecule has 1 N–H and O–H groups in total. The molecule has 1 unspecified atom stereocenters. The largest absolute Gasteiger partial charge is 0.481 e. The molecule has 0 amide bonds. The van der Waals surface area contributed by atoms with E-state index in [1.54, 1.807) is 0 Å². The maximum atomic E-state index is 10.6. The van der Waals surface area contributed by atoms with Crippen LogP contribution >= 0.6 is 0 Å². The molecule has 0 bridgehead atoms. The number of rotatable bonds is 12. The van der Waals surface area contributed by atoms with Gasteiger partial charge in [-0.2, -0.15) is 0 Å². The molecule has 0 saturated heterocycles. The molecule has 1 aromatic rings. The smallest absolute Gasteiger partial charge is 0.303 e. The van der Waals surface area contributed by atoms with Gasteiger partial charge < -0.3 is 9.84 Å². The van der Waals surface area contributed by atoms with Gasteiger partial charge in [-0.25, -0.2) is 0 Å². The van der Waals surface area contributed by atoms with Crippen LogP contribution in [0.2, 0.25) is 0 Å². The summed E-state index contributed by atoms with van der Waals surface area (Å²) in [6, 6.07) is 10.2.